The van der Waals surface area contributed by atoms with Gasteiger partial charge in [-0.25, -0.2) is 0 Å². The Hall–Kier alpha value is -1.66. The summed E-state index contributed by atoms with van der Waals surface area (Å²) in [7, 11) is 0. The zero-order chi connectivity index (χ0) is 17.4. The fourth-order valence-electron chi connectivity index (χ4n) is 3.97. The molecule has 2 saturated heterocycles. The quantitative estimate of drug-likeness (QED) is 0.808. The minimum atomic E-state index is -0.238. The van der Waals surface area contributed by atoms with E-state index in [1.54, 1.807) is 0 Å². The van der Waals surface area contributed by atoms with Gasteiger partial charge < -0.3 is 15.1 Å². The Morgan fingerprint density at radius 1 is 1.28 bits per heavy atom. The number of hydrogen-bond acceptors (Lipinski definition) is 3. The monoisotopic (exact) mass is 358 g/mol. The third kappa shape index (κ3) is 3.37. The molecule has 134 valence electrons. The smallest absolute Gasteiger partial charge is 0.241 e. The summed E-state index contributed by atoms with van der Waals surface area (Å²) in [5, 5.41) is 7.89. The fraction of sp³-hybridized carbons (Fsp3) is 0.579. The number of piperidine rings is 1. The maximum atomic E-state index is 12.8. The van der Waals surface area contributed by atoms with Crippen LogP contribution in [0, 0.1) is 0 Å². The molecule has 0 aromatic heterocycles. The summed E-state index contributed by atoms with van der Waals surface area (Å²) >= 11 is 5.55. The number of thiocarbonyl (C=S) groups is 1. The van der Waals surface area contributed by atoms with Crippen LogP contribution in [0.1, 0.15) is 38.2 Å². The Labute approximate surface area is 154 Å². The molecule has 1 amide bonds. The van der Waals surface area contributed by atoms with Crippen molar-refractivity contribution in [2.75, 3.05) is 13.1 Å². The molecule has 3 aliphatic rings. The number of nitrogens with one attached hydrogen (secondary N) is 2. The van der Waals surface area contributed by atoms with Crippen molar-refractivity contribution in [3.05, 3.63) is 35.9 Å². The predicted octanol–water partition coefficient (Wildman–Crippen LogP) is 1.84. The van der Waals surface area contributed by atoms with Gasteiger partial charge in [0.2, 0.25) is 5.91 Å². The number of rotatable bonds is 3. The van der Waals surface area contributed by atoms with Crippen molar-refractivity contribution in [3.63, 3.8) is 0 Å². The molecule has 1 atom stereocenters. The van der Waals surface area contributed by atoms with Crippen molar-refractivity contribution >= 4 is 23.2 Å². The molecule has 3 fully saturated rings. The van der Waals surface area contributed by atoms with Crippen molar-refractivity contribution in [2.45, 2.75) is 56.9 Å². The third-order valence-corrected chi connectivity index (χ3v) is 5.98. The van der Waals surface area contributed by atoms with Gasteiger partial charge in [-0.15, -0.1) is 0 Å². The van der Waals surface area contributed by atoms with Gasteiger partial charge in [0.05, 0.1) is 11.7 Å². The Balaban J connectivity index is 1.45. The first-order chi connectivity index (χ1) is 12.1. The first-order valence-corrected chi connectivity index (χ1v) is 9.67. The molecular weight excluding hydrogens is 332 g/mol. The lowest BCUT2D eigenvalue weighted by Crippen LogP contribution is -2.60. The molecule has 1 aliphatic carbocycles. The molecule has 5 nitrogen and oxygen atoms in total. The maximum absolute atomic E-state index is 12.8. The molecule has 0 radical (unpaired) electrons. The van der Waals surface area contributed by atoms with Crippen LogP contribution < -0.4 is 10.6 Å². The molecule has 6 heteroatoms. The van der Waals surface area contributed by atoms with Gasteiger partial charge in [-0.3, -0.25) is 10.1 Å². The van der Waals surface area contributed by atoms with E-state index in [2.05, 4.69) is 32.6 Å². The number of likely N-dealkylation sites (tertiary alicyclic amines) is 1. The van der Waals surface area contributed by atoms with Crippen molar-refractivity contribution < 1.29 is 4.79 Å². The highest BCUT2D eigenvalue weighted by molar-refractivity contribution is 7.80. The molecule has 2 N–H and O–H groups in total. The summed E-state index contributed by atoms with van der Waals surface area (Å²) in [4.78, 5) is 17.1. The van der Waals surface area contributed by atoms with Crippen LogP contribution in [0.4, 0.5) is 0 Å². The highest BCUT2D eigenvalue weighted by atomic mass is 32.1. The minimum Gasteiger partial charge on any atom is -0.360 e. The number of benzene rings is 1. The molecule has 0 unspecified atom stereocenters. The van der Waals surface area contributed by atoms with Gasteiger partial charge in [-0.2, -0.15) is 0 Å². The molecule has 2 aliphatic heterocycles. The van der Waals surface area contributed by atoms with Crippen LogP contribution in [0.25, 0.3) is 0 Å². The highest BCUT2D eigenvalue weighted by Crippen LogP contribution is 2.34. The average Bonchev–Trinajstić information content (AvgIpc) is 3.40. The molecule has 1 spiro atoms. The van der Waals surface area contributed by atoms with Gasteiger partial charge in [0.15, 0.2) is 5.11 Å². The van der Waals surface area contributed by atoms with Crippen molar-refractivity contribution in [2.24, 2.45) is 0 Å². The van der Waals surface area contributed by atoms with Crippen LogP contribution in [-0.4, -0.2) is 51.7 Å². The highest BCUT2D eigenvalue weighted by Gasteiger charge is 2.50. The normalized spacial score (nSPS) is 25.5. The number of carbonyl (C=O) groups is 1. The van der Waals surface area contributed by atoms with E-state index in [4.69, 9.17) is 12.2 Å². The van der Waals surface area contributed by atoms with E-state index >= 15 is 0 Å². The van der Waals surface area contributed by atoms with Crippen LogP contribution in [-0.2, 0) is 11.3 Å². The molecule has 2 heterocycles. The number of nitrogens with zero attached hydrogens (tertiary/aromatic N) is 2. The Kier molecular flexibility index (Phi) is 4.41. The fourth-order valence-corrected chi connectivity index (χ4v) is 4.32. The van der Waals surface area contributed by atoms with Gasteiger partial charge in [-0.1, -0.05) is 30.3 Å². The zero-order valence-corrected chi connectivity index (χ0v) is 15.5. The molecule has 1 saturated carbocycles. The predicted molar refractivity (Wildman–Crippen MR) is 102 cm³/mol. The van der Waals surface area contributed by atoms with E-state index < -0.39 is 0 Å². The summed E-state index contributed by atoms with van der Waals surface area (Å²) in [5.74, 6) is 0.205. The summed E-state index contributed by atoms with van der Waals surface area (Å²) in [5.41, 5.74) is 0.942. The second kappa shape index (κ2) is 6.57. The largest absolute Gasteiger partial charge is 0.360 e. The summed E-state index contributed by atoms with van der Waals surface area (Å²) in [6.07, 6.45) is 4.28. The summed E-state index contributed by atoms with van der Waals surface area (Å²) in [6, 6.07) is 10.7. The maximum Gasteiger partial charge on any atom is 0.241 e. The summed E-state index contributed by atoms with van der Waals surface area (Å²) < 4.78 is 0. The van der Waals surface area contributed by atoms with Crippen LogP contribution in [0.2, 0.25) is 0 Å². The lowest BCUT2D eigenvalue weighted by Gasteiger charge is -2.45. The van der Waals surface area contributed by atoms with Crippen LogP contribution in [0.5, 0.6) is 0 Å². The number of hydrogen-bond donors (Lipinski definition) is 2. The zero-order valence-electron chi connectivity index (χ0n) is 14.7. The standard InChI is InChI=1S/C19H26N4OS/c1-14-17(24)23(13-15-5-3-2-4-6-15)19(21-14)9-11-22(12-10-19)18(25)20-16-7-8-16/h2-6,14,16,21H,7-13H2,1H3,(H,20,25)/t14-/m1/s1. The average molecular weight is 359 g/mol. The van der Waals surface area contributed by atoms with Gasteiger partial charge in [0.1, 0.15) is 0 Å². The molecule has 4 rings (SSSR count). The lowest BCUT2D eigenvalue weighted by molar-refractivity contribution is -0.133. The van der Waals surface area contributed by atoms with E-state index in [1.165, 1.54) is 18.4 Å². The van der Waals surface area contributed by atoms with E-state index in [0.29, 0.717) is 12.6 Å². The Morgan fingerprint density at radius 2 is 1.96 bits per heavy atom. The second-order valence-electron chi connectivity index (χ2n) is 7.52. The third-order valence-electron chi connectivity index (χ3n) is 5.60. The molecule has 25 heavy (non-hydrogen) atoms. The molecule has 0 bridgehead atoms. The van der Waals surface area contributed by atoms with Crippen molar-refractivity contribution in [1.29, 1.82) is 0 Å². The van der Waals surface area contributed by atoms with Crippen LogP contribution >= 0.6 is 12.2 Å². The van der Waals surface area contributed by atoms with Gasteiger partial charge >= 0.3 is 0 Å². The van der Waals surface area contributed by atoms with Crippen LogP contribution in [0.15, 0.2) is 30.3 Å². The van der Waals surface area contributed by atoms with Gasteiger partial charge in [-0.05, 0) is 37.5 Å². The van der Waals surface area contributed by atoms with Gasteiger partial charge in [0.25, 0.3) is 0 Å². The van der Waals surface area contributed by atoms with Gasteiger partial charge in [0, 0.05) is 38.5 Å². The number of amides is 1. The minimum absolute atomic E-state index is 0.119. The van der Waals surface area contributed by atoms with Crippen molar-refractivity contribution in [3.8, 4) is 0 Å². The van der Waals surface area contributed by atoms with E-state index in [9.17, 15) is 4.79 Å². The van der Waals surface area contributed by atoms with E-state index in [1.807, 2.05) is 25.1 Å². The lowest BCUT2D eigenvalue weighted by atomic mass is 9.95. The molecular formula is C19H26N4OS. The Bertz CT molecular complexity index is 653. The Morgan fingerprint density at radius 3 is 2.60 bits per heavy atom. The van der Waals surface area contributed by atoms with E-state index in [-0.39, 0.29) is 17.6 Å². The second-order valence-corrected chi connectivity index (χ2v) is 7.91. The topological polar surface area (TPSA) is 47.6 Å². The number of carbonyl (C=O) groups excluding carboxylic acids is 1. The van der Waals surface area contributed by atoms with Crippen molar-refractivity contribution in [1.82, 2.24) is 20.4 Å². The first-order valence-electron chi connectivity index (χ1n) is 9.26. The van der Waals surface area contributed by atoms with E-state index in [0.717, 1.165) is 31.0 Å². The SMILES string of the molecule is C[C@H]1NC2(CCN(C(=S)NC3CC3)CC2)N(Cc2ccccc2)C1=O. The summed E-state index contributed by atoms with van der Waals surface area (Å²) in [6.45, 7) is 4.41. The first kappa shape index (κ1) is 16.8. The molecule has 1 aromatic rings. The molecule has 1 aromatic carbocycles. The van der Waals surface area contributed by atoms with Crippen LogP contribution in [0.3, 0.4) is 0 Å².